The molecule has 0 unspecified atom stereocenters. The van der Waals surface area contributed by atoms with Crippen LogP contribution in [-0.4, -0.2) is 56.9 Å². The lowest BCUT2D eigenvalue weighted by Gasteiger charge is -2.41. The quantitative estimate of drug-likeness (QED) is 0.407. The van der Waals surface area contributed by atoms with E-state index in [1.54, 1.807) is 32.0 Å². The molecule has 0 radical (unpaired) electrons. The van der Waals surface area contributed by atoms with E-state index in [9.17, 15) is 14.0 Å². The summed E-state index contributed by atoms with van der Waals surface area (Å²) in [7, 11) is 3.26. The van der Waals surface area contributed by atoms with Gasteiger partial charge in [-0.1, -0.05) is 28.1 Å². The lowest BCUT2D eigenvalue weighted by atomic mass is 9.84. The molecule has 8 nitrogen and oxygen atoms in total. The number of hydrogen-bond acceptors (Lipinski definition) is 6. The van der Waals surface area contributed by atoms with Crippen molar-refractivity contribution < 1.29 is 28.2 Å². The maximum Gasteiger partial charge on any atom is 0.254 e. The van der Waals surface area contributed by atoms with Crippen molar-refractivity contribution in [3.05, 3.63) is 64.4 Å². The number of anilines is 1. The maximum absolute atomic E-state index is 14.5. The van der Waals surface area contributed by atoms with Crippen molar-refractivity contribution in [2.75, 3.05) is 32.3 Å². The lowest BCUT2D eigenvalue weighted by Crippen LogP contribution is -2.65. The fraction of sp³-hybridized carbons (Fsp3) is 0.379. The van der Waals surface area contributed by atoms with Crippen molar-refractivity contribution in [2.45, 2.75) is 44.0 Å². The van der Waals surface area contributed by atoms with Gasteiger partial charge < -0.3 is 29.7 Å². The Balaban J connectivity index is 0.00000370. The monoisotopic (exact) mass is 635 g/mol. The van der Waals surface area contributed by atoms with Crippen molar-refractivity contribution in [2.24, 2.45) is 0 Å². The number of benzene rings is 3. The summed E-state index contributed by atoms with van der Waals surface area (Å²) in [6.07, 6.45) is 0.708. The smallest absolute Gasteiger partial charge is 0.254 e. The minimum absolute atomic E-state index is 0. The molecule has 2 N–H and O–H groups in total. The second-order valence-corrected chi connectivity index (χ2v) is 10.8. The van der Waals surface area contributed by atoms with E-state index in [2.05, 4.69) is 26.6 Å². The molecule has 0 saturated carbocycles. The van der Waals surface area contributed by atoms with Gasteiger partial charge in [0.2, 0.25) is 5.91 Å². The molecule has 0 aliphatic carbocycles. The zero-order valence-corrected chi connectivity index (χ0v) is 24.9. The van der Waals surface area contributed by atoms with Gasteiger partial charge in [0.15, 0.2) is 0 Å². The van der Waals surface area contributed by atoms with Gasteiger partial charge in [-0.3, -0.25) is 9.59 Å². The summed E-state index contributed by atoms with van der Waals surface area (Å²) >= 11 is 3.52. The molecule has 2 amide bonds. The SMILES string of the molecule is CN[C@@H](C)C(=O)N[C@@H]1C(=O)N(Cc2c(OC)ccc3cc(Br)ccc23)c2ccc(F)cc2OC12CCOCC2.Cl. The Morgan fingerprint density at radius 3 is 2.65 bits per heavy atom. The van der Waals surface area contributed by atoms with Gasteiger partial charge in [-0.15, -0.1) is 12.4 Å². The normalized spacial score (nSPS) is 18.8. The zero-order valence-electron chi connectivity index (χ0n) is 22.5. The molecule has 40 heavy (non-hydrogen) atoms. The summed E-state index contributed by atoms with van der Waals surface area (Å²) < 4.78 is 33.3. The number of carbonyl (C=O) groups is 2. The molecule has 2 atom stereocenters. The molecule has 214 valence electrons. The van der Waals surface area contributed by atoms with Crippen molar-refractivity contribution in [3.63, 3.8) is 0 Å². The highest BCUT2D eigenvalue weighted by Gasteiger charge is 2.52. The fourth-order valence-corrected chi connectivity index (χ4v) is 5.67. The number of fused-ring (bicyclic) bond motifs is 2. The maximum atomic E-state index is 14.5. The molecular formula is C29H32BrClFN3O5. The van der Waals surface area contributed by atoms with E-state index in [1.807, 2.05) is 30.3 Å². The highest BCUT2D eigenvalue weighted by Crippen LogP contribution is 2.43. The number of rotatable bonds is 6. The van der Waals surface area contributed by atoms with Crippen molar-refractivity contribution in [3.8, 4) is 11.5 Å². The van der Waals surface area contributed by atoms with E-state index < -0.39 is 23.5 Å². The van der Waals surface area contributed by atoms with Gasteiger partial charge in [0.1, 0.15) is 29.0 Å². The number of carbonyl (C=O) groups excluding carboxylic acids is 2. The molecule has 2 aliphatic rings. The van der Waals surface area contributed by atoms with Crippen LogP contribution in [0.15, 0.2) is 53.0 Å². The van der Waals surface area contributed by atoms with Gasteiger partial charge in [-0.2, -0.15) is 0 Å². The van der Waals surface area contributed by atoms with Crippen LogP contribution in [0.1, 0.15) is 25.3 Å². The topological polar surface area (TPSA) is 89.1 Å². The third kappa shape index (κ3) is 5.63. The molecule has 1 saturated heterocycles. The van der Waals surface area contributed by atoms with Crippen molar-refractivity contribution >= 4 is 56.6 Å². The van der Waals surface area contributed by atoms with E-state index >= 15 is 0 Å². The first-order valence-electron chi connectivity index (χ1n) is 12.9. The highest BCUT2D eigenvalue weighted by atomic mass is 79.9. The minimum Gasteiger partial charge on any atom is -0.496 e. The molecule has 0 bridgehead atoms. The number of methoxy groups -OCH3 is 1. The highest BCUT2D eigenvalue weighted by molar-refractivity contribution is 9.10. The number of halogens is 3. The van der Waals surface area contributed by atoms with Crippen LogP contribution in [0.4, 0.5) is 10.1 Å². The molecule has 1 fully saturated rings. The van der Waals surface area contributed by atoms with Gasteiger partial charge in [-0.25, -0.2) is 4.39 Å². The summed E-state index contributed by atoms with van der Waals surface area (Å²) in [5.41, 5.74) is 0.0910. The molecule has 3 aromatic rings. The Morgan fingerprint density at radius 1 is 1.20 bits per heavy atom. The molecule has 0 aromatic heterocycles. The Bertz CT molecular complexity index is 1420. The fourth-order valence-electron chi connectivity index (χ4n) is 5.29. The van der Waals surface area contributed by atoms with Crippen molar-refractivity contribution in [1.29, 1.82) is 0 Å². The van der Waals surface area contributed by atoms with Crippen LogP contribution < -0.4 is 25.0 Å². The molecule has 2 aliphatic heterocycles. The van der Waals surface area contributed by atoms with E-state index in [-0.39, 0.29) is 36.5 Å². The number of ether oxygens (including phenoxy) is 3. The standard InChI is InChI=1S/C29H31BrFN3O5.ClH/c1-17(32-2)27(35)33-26-28(36)34(16-22-21-7-5-19(30)14-18(21)4-9-24(22)37-3)23-8-6-20(31)15-25(23)39-29(26)10-12-38-13-11-29;/h4-9,14-15,17,26,32H,10-13,16H2,1-3H3,(H,33,35);1H/t17-,26+;/m0./s1. The van der Waals surface area contributed by atoms with Crippen LogP contribution in [0.2, 0.25) is 0 Å². The second kappa shape index (κ2) is 12.3. The summed E-state index contributed by atoms with van der Waals surface area (Å²) in [6, 6.07) is 12.3. The molecule has 11 heteroatoms. The minimum atomic E-state index is -1.11. The Hall–Kier alpha value is -2.92. The molecular weight excluding hydrogens is 605 g/mol. The number of amides is 2. The second-order valence-electron chi connectivity index (χ2n) is 9.88. The van der Waals surface area contributed by atoms with Crippen LogP contribution in [0.3, 0.4) is 0 Å². The van der Waals surface area contributed by atoms with Gasteiger partial charge >= 0.3 is 0 Å². The third-order valence-electron chi connectivity index (χ3n) is 7.60. The zero-order chi connectivity index (χ0) is 27.7. The third-order valence-corrected chi connectivity index (χ3v) is 8.10. The number of hydrogen-bond donors (Lipinski definition) is 2. The van der Waals surface area contributed by atoms with E-state index in [0.29, 0.717) is 37.5 Å². The first-order chi connectivity index (χ1) is 18.8. The lowest BCUT2D eigenvalue weighted by molar-refractivity contribution is -0.138. The van der Waals surface area contributed by atoms with Crippen LogP contribution in [0.25, 0.3) is 10.8 Å². The van der Waals surface area contributed by atoms with E-state index in [0.717, 1.165) is 20.8 Å². The van der Waals surface area contributed by atoms with Crippen LogP contribution >= 0.6 is 28.3 Å². The number of nitrogens with zero attached hydrogens (tertiary/aromatic N) is 1. The first-order valence-corrected chi connectivity index (χ1v) is 13.7. The van der Waals surface area contributed by atoms with Crippen LogP contribution in [0, 0.1) is 5.82 Å². The number of nitrogens with one attached hydrogen (secondary N) is 2. The Morgan fingerprint density at radius 2 is 1.95 bits per heavy atom. The summed E-state index contributed by atoms with van der Waals surface area (Å²) in [5, 5.41) is 7.74. The average molecular weight is 637 g/mol. The molecule has 2 heterocycles. The van der Waals surface area contributed by atoms with Gasteiger partial charge in [0, 0.05) is 28.9 Å². The Kier molecular flexibility index (Phi) is 9.24. The Labute approximate surface area is 247 Å². The van der Waals surface area contributed by atoms with Crippen LogP contribution in [-0.2, 0) is 20.9 Å². The predicted octanol–water partition coefficient (Wildman–Crippen LogP) is 4.74. The van der Waals surface area contributed by atoms with E-state index in [4.69, 9.17) is 14.2 Å². The van der Waals surface area contributed by atoms with Gasteiger partial charge in [-0.05, 0) is 55.1 Å². The number of likely N-dealkylation sites (N-methyl/N-ethyl adjacent to an activating group) is 1. The molecule has 3 aromatic carbocycles. The first kappa shape index (κ1) is 30.0. The summed E-state index contributed by atoms with van der Waals surface area (Å²) in [6.45, 7) is 2.52. The van der Waals surface area contributed by atoms with Gasteiger partial charge in [0.25, 0.3) is 5.91 Å². The predicted molar refractivity (Wildman–Crippen MR) is 157 cm³/mol. The molecule has 1 spiro atoms. The largest absolute Gasteiger partial charge is 0.496 e. The van der Waals surface area contributed by atoms with Crippen LogP contribution in [0.5, 0.6) is 11.5 Å². The van der Waals surface area contributed by atoms with Crippen molar-refractivity contribution in [1.82, 2.24) is 10.6 Å². The average Bonchev–Trinajstić information content (AvgIpc) is 3.01. The summed E-state index contributed by atoms with van der Waals surface area (Å²) in [5.74, 6) is -0.324. The summed E-state index contributed by atoms with van der Waals surface area (Å²) in [4.78, 5) is 29.2. The van der Waals surface area contributed by atoms with E-state index in [1.165, 1.54) is 12.1 Å². The molecule has 5 rings (SSSR count). The van der Waals surface area contributed by atoms with Gasteiger partial charge in [0.05, 0.1) is 38.6 Å².